The minimum Gasteiger partial charge on any atom is -0.327 e. The smallest absolute Gasteiger partial charge is 0.289 e. The summed E-state index contributed by atoms with van der Waals surface area (Å²) in [6, 6.07) is 10.2. The summed E-state index contributed by atoms with van der Waals surface area (Å²) < 4.78 is 17.1. The van der Waals surface area contributed by atoms with E-state index in [1.54, 1.807) is 0 Å². The van der Waals surface area contributed by atoms with Crippen molar-refractivity contribution >= 4 is 0 Å². The Bertz CT molecular complexity index is 344. The fourth-order valence-corrected chi connectivity index (χ4v) is 2.27. The fourth-order valence-electron chi connectivity index (χ4n) is 2.27. The van der Waals surface area contributed by atoms with Gasteiger partial charge in [-0.15, -0.1) is 0 Å². The van der Waals surface area contributed by atoms with Gasteiger partial charge in [-0.3, -0.25) is 0 Å². The van der Waals surface area contributed by atoms with E-state index >= 15 is 0 Å². The topological polar surface area (TPSA) is 27.7 Å². The zero-order valence-corrected chi connectivity index (χ0v) is 10.7. The van der Waals surface area contributed by atoms with Crippen LogP contribution < -0.4 is 0 Å². The van der Waals surface area contributed by atoms with Gasteiger partial charge in [0.25, 0.3) is 5.97 Å². The Morgan fingerprint density at radius 1 is 1.12 bits per heavy atom. The zero-order chi connectivity index (χ0) is 12.3. The second-order valence-electron chi connectivity index (χ2n) is 4.21. The van der Waals surface area contributed by atoms with Gasteiger partial charge in [-0.05, 0) is 19.4 Å². The molecule has 1 saturated heterocycles. The second-order valence-corrected chi connectivity index (χ2v) is 4.21. The highest BCUT2D eigenvalue weighted by atomic mass is 16.9. The van der Waals surface area contributed by atoms with Crippen LogP contribution in [0.15, 0.2) is 30.3 Å². The van der Waals surface area contributed by atoms with Crippen LogP contribution in [0.25, 0.3) is 0 Å². The highest BCUT2D eigenvalue weighted by Gasteiger charge is 2.56. The van der Waals surface area contributed by atoms with E-state index in [9.17, 15) is 0 Å². The summed E-state index contributed by atoms with van der Waals surface area (Å²) in [7, 11) is 0. The Morgan fingerprint density at radius 2 is 1.71 bits per heavy atom. The minimum absolute atomic E-state index is 0.0642. The van der Waals surface area contributed by atoms with E-state index in [0.717, 1.165) is 0 Å². The quantitative estimate of drug-likeness (QED) is 0.735. The van der Waals surface area contributed by atoms with E-state index in [1.807, 2.05) is 32.0 Å². The Kier molecular flexibility index (Phi) is 3.82. The first-order valence-electron chi connectivity index (χ1n) is 6.24. The molecule has 1 aromatic rings. The first kappa shape index (κ1) is 12.6. The third-order valence-electron chi connectivity index (χ3n) is 3.12. The average molecular weight is 236 g/mol. The van der Waals surface area contributed by atoms with Crippen LogP contribution in [-0.2, 0) is 14.2 Å². The summed E-state index contributed by atoms with van der Waals surface area (Å²) in [5.74, 6) is -0.644. The van der Waals surface area contributed by atoms with Crippen LogP contribution in [0, 0.1) is 5.92 Å². The van der Waals surface area contributed by atoms with Crippen LogP contribution in [0.2, 0.25) is 0 Å². The van der Waals surface area contributed by atoms with Crippen molar-refractivity contribution < 1.29 is 14.2 Å². The molecule has 1 fully saturated rings. The third-order valence-corrected chi connectivity index (χ3v) is 3.12. The fraction of sp³-hybridized carbons (Fsp3) is 0.571. The number of rotatable bonds is 5. The highest BCUT2D eigenvalue weighted by Crippen LogP contribution is 2.49. The first-order chi connectivity index (χ1) is 8.23. The summed E-state index contributed by atoms with van der Waals surface area (Å²) >= 11 is 0. The van der Waals surface area contributed by atoms with Crippen LogP contribution in [0.4, 0.5) is 0 Å². The van der Waals surface area contributed by atoms with Crippen molar-refractivity contribution in [3.8, 4) is 0 Å². The monoisotopic (exact) mass is 236 g/mol. The summed E-state index contributed by atoms with van der Waals surface area (Å²) in [6.07, 6.45) is 0.0642. The molecule has 0 N–H and O–H groups in total. The van der Waals surface area contributed by atoms with Gasteiger partial charge in [-0.2, -0.15) is 0 Å². The molecule has 0 aromatic heterocycles. The van der Waals surface area contributed by atoms with Gasteiger partial charge < -0.3 is 14.2 Å². The number of ether oxygens (including phenoxy) is 3. The van der Waals surface area contributed by atoms with Gasteiger partial charge in [-0.1, -0.05) is 37.3 Å². The lowest BCUT2D eigenvalue weighted by atomic mass is 9.89. The lowest BCUT2D eigenvalue weighted by molar-refractivity contribution is -0.491. The summed E-state index contributed by atoms with van der Waals surface area (Å²) in [5.41, 5.74) is 1.18. The molecule has 3 heteroatoms. The second kappa shape index (κ2) is 5.17. The van der Waals surface area contributed by atoms with E-state index in [-0.39, 0.29) is 12.0 Å². The largest absolute Gasteiger partial charge is 0.327 e. The lowest BCUT2D eigenvalue weighted by Crippen LogP contribution is -2.57. The number of hydrogen-bond donors (Lipinski definition) is 0. The Labute approximate surface area is 103 Å². The molecule has 0 radical (unpaired) electrons. The van der Waals surface area contributed by atoms with Crippen molar-refractivity contribution in [2.75, 3.05) is 13.2 Å². The van der Waals surface area contributed by atoms with Gasteiger partial charge >= 0.3 is 0 Å². The third kappa shape index (κ3) is 2.23. The van der Waals surface area contributed by atoms with Crippen molar-refractivity contribution in [1.29, 1.82) is 0 Å². The van der Waals surface area contributed by atoms with Crippen molar-refractivity contribution in [3.05, 3.63) is 35.9 Å². The molecule has 0 saturated carbocycles. The lowest BCUT2D eigenvalue weighted by Gasteiger charge is -2.51. The van der Waals surface area contributed by atoms with Gasteiger partial charge in [0.2, 0.25) is 0 Å². The molecule has 0 aliphatic carbocycles. The van der Waals surface area contributed by atoms with Gasteiger partial charge in [-0.25, -0.2) is 0 Å². The predicted molar refractivity (Wildman–Crippen MR) is 65.4 cm³/mol. The maximum Gasteiger partial charge on any atom is 0.289 e. The molecular formula is C14H20O3. The first-order valence-corrected chi connectivity index (χ1v) is 6.24. The van der Waals surface area contributed by atoms with Gasteiger partial charge in [0.15, 0.2) is 0 Å². The van der Waals surface area contributed by atoms with Crippen molar-refractivity contribution in [3.63, 3.8) is 0 Å². The maximum absolute atomic E-state index is 5.86. The molecular weight excluding hydrogens is 216 g/mol. The number of benzene rings is 1. The van der Waals surface area contributed by atoms with E-state index in [2.05, 4.69) is 19.1 Å². The molecule has 2 rings (SSSR count). The van der Waals surface area contributed by atoms with Crippen molar-refractivity contribution in [2.24, 2.45) is 5.92 Å². The van der Waals surface area contributed by atoms with Crippen LogP contribution in [-0.4, -0.2) is 19.2 Å². The van der Waals surface area contributed by atoms with Crippen molar-refractivity contribution in [1.82, 2.24) is 0 Å². The Morgan fingerprint density at radius 3 is 2.18 bits per heavy atom. The van der Waals surface area contributed by atoms with Crippen molar-refractivity contribution in [2.45, 2.75) is 32.8 Å². The maximum atomic E-state index is 5.86. The SMILES string of the molecule is CCOC1(OCC)O[C@@H](c2ccccc2)[C@@H]1C. The van der Waals surface area contributed by atoms with Crippen LogP contribution in [0.1, 0.15) is 32.4 Å². The molecule has 0 bridgehead atoms. The molecule has 1 aliphatic heterocycles. The van der Waals surface area contributed by atoms with Crippen LogP contribution >= 0.6 is 0 Å². The molecule has 0 amide bonds. The van der Waals surface area contributed by atoms with Gasteiger partial charge in [0.1, 0.15) is 0 Å². The molecule has 1 heterocycles. The van der Waals surface area contributed by atoms with Gasteiger partial charge in [0.05, 0.1) is 12.0 Å². The molecule has 94 valence electrons. The average Bonchev–Trinajstić information content (AvgIpc) is 2.37. The zero-order valence-electron chi connectivity index (χ0n) is 10.7. The summed E-state index contributed by atoms with van der Waals surface area (Å²) in [5, 5.41) is 0. The Hall–Kier alpha value is -0.900. The molecule has 3 nitrogen and oxygen atoms in total. The van der Waals surface area contributed by atoms with Gasteiger partial charge in [0, 0.05) is 13.2 Å². The molecule has 17 heavy (non-hydrogen) atoms. The molecule has 0 spiro atoms. The minimum atomic E-state index is -0.843. The van der Waals surface area contributed by atoms with E-state index in [4.69, 9.17) is 14.2 Å². The van der Waals surface area contributed by atoms with E-state index in [0.29, 0.717) is 13.2 Å². The Balaban J connectivity index is 2.08. The van der Waals surface area contributed by atoms with E-state index < -0.39 is 5.97 Å². The highest BCUT2D eigenvalue weighted by molar-refractivity contribution is 5.20. The standard InChI is InChI=1S/C14H20O3/c1-4-15-14(16-5-2)11(3)13(17-14)12-9-7-6-8-10-12/h6-11,13H,4-5H2,1-3H3/t11-,13+/m0/s1. The van der Waals surface area contributed by atoms with E-state index in [1.165, 1.54) is 5.56 Å². The molecule has 1 aliphatic rings. The van der Waals surface area contributed by atoms with Crippen LogP contribution in [0.3, 0.4) is 0 Å². The number of hydrogen-bond acceptors (Lipinski definition) is 3. The summed E-state index contributed by atoms with van der Waals surface area (Å²) in [4.78, 5) is 0. The summed E-state index contributed by atoms with van der Waals surface area (Å²) in [6.45, 7) is 7.18. The molecule has 0 unspecified atom stereocenters. The normalized spacial score (nSPS) is 26.5. The molecule has 2 atom stereocenters. The van der Waals surface area contributed by atoms with Crippen LogP contribution in [0.5, 0.6) is 0 Å². The predicted octanol–water partition coefficient (Wildman–Crippen LogP) is 3.12. The molecule has 1 aromatic carbocycles.